The number of hydrogen-bond acceptors (Lipinski definition) is 15. The minimum Gasteiger partial charge on any atom is -0.490 e. The number of carbonyl (C=O) groups is 1. The van der Waals surface area contributed by atoms with Crippen molar-refractivity contribution in [2.75, 3.05) is 79.4 Å². The lowest BCUT2D eigenvalue weighted by Crippen LogP contribution is -2.49. The van der Waals surface area contributed by atoms with Crippen LogP contribution in [0.4, 0.5) is 8.78 Å². The Hall–Kier alpha value is -5.31. The molecule has 74 heavy (non-hydrogen) atoms. The molecule has 20 heteroatoms. The van der Waals surface area contributed by atoms with Crippen molar-refractivity contribution in [2.24, 2.45) is 0 Å². The van der Waals surface area contributed by atoms with E-state index in [1.54, 1.807) is 42.6 Å². The van der Waals surface area contributed by atoms with Crippen LogP contribution >= 0.6 is 34.5 Å². The third-order valence-electron chi connectivity index (χ3n) is 14.3. The maximum absolute atomic E-state index is 15.9. The van der Waals surface area contributed by atoms with Crippen molar-refractivity contribution in [2.45, 2.75) is 82.5 Å². The molecule has 0 unspecified atom stereocenters. The van der Waals surface area contributed by atoms with Gasteiger partial charge in [-0.05, 0) is 105 Å². The number of likely N-dealkylation sites (N-methyl/N-ethyl adjacent to an activating group) is 1. The van der Waals surface area contributed by atoms with Crippen LogP contribution < -0.4 is 18.9 Å². The Labute approximate surface area is 442 Å². The summed E-state index contributed by atoms with van der Waals surface area (Å²) in [6.07, 6.45) is 2.34. The smallest absolute Gasteiger partial charge is 0.345 e. The van der Waals surface area contributed by atoms with Gasteiger partial charge < -0.3 is 43.2 Å². The first-order chi connectivity index (χ1) is 35.8. The van der Waals surface area contributed by atoms with E-state index in [2.05, 4.69) is 31.8 Å². The van der Waals surface area contributed by atoms with Gasteiger partial charge in [0.2, 0.25) is 12.0 Å². The van der Waals surface area contributed by atoms with Crippen LogP contribution in [0, 0.1) is 19.7 Å². The first kappa shape index (κ1) is 52.1. The fourth-order valence-electron chi connectivity index (χ4n) is 10.1. The number of fused-ring (bicyclic) bond motifs is 7. The Morgan fingerprint density at radius 2 is 1.70 bits per heavy atom. The quantitative estimate of drug-likeness (QED) is 0.123. The number of carboxylic acid groups (broad SMARTS) is 1. The summed E-state index contributed by atoms with van der Waals surface area (Å²) >= 11 is 16.0. The molecule has 5 aliphatic rings. The van der Waals surface area contributed by atoms with Gasteiger partial charge in [-0.1, -0.05) is 35.3 Å². The molecule has 0 amide bonds. The average molecular weight is 1080 g/mol. The van der Waals surface area contributed by atoms with E-state index in [9.17, 15) is 14.3 Å². The molecule has 7 heterocycles. The molecule has 4 aliphatic heterocycles. The lowest BCUT2D eigenvalue weighted by molar-refractivity contribution is -0.145. The molecule has 3 fully saturated rings. The first-order valence-electron chi connectivity index (χ1n) is 24.9. The van der Waals surface area contributed by atoms with Gasteiger partial charge in [-0.3, -0.25) is 4.90 Å². The lowest BCUT2D eigenvalue weighted by Gasteiger charge is -2.35. The second kappa shape index (κ2) is 22.9. The highest BCUT2D eigenvalue weighted by Gasteiger charge is 2.38. The molecule has 0 radical (unpaired) electrons. The minimum atomic E-state index is -1.49. The van der Waals surface area contributed by atoms with Crippen LogP contribution in [0.15, 0.2) is 61.1 Å². The maximum atomic E-state index is 15.9. The predicted molar refractivity (Wildman–Crippen MR) is 277 cm³/mol. The van der Waals surface area contributed by atoms with E-state index in [0.29, 0.717) is 129 Å². The van der Waals surface area contributed by atoms with Gasteiger partial charge in [0.15, 0.2) is 5.75 Å². The zero-order valence-corrected chi connectivity index (χ0v) is 43.7. The van der Waals surface area contributed by atoms with Gasteiger partial charge in [-0.25, -0.2) is 33.5 Å². The fourth-order valence-corrected chi connectivity index (χ4v) is 11.8. The van der Waals surface area contributed by atoms with Crippen molar-refractivity contribution >= 4 is 50.7 Å². The van der Waals surface area contributed by atoms with Crippen molar-refractivity contribution in [3.05, 3.63) is 105 Å². The van der Waals surface area contributed by atoms with E-state index in [1.165, 1.54) is 29.8 Å². The maximum Gasteiger partial charge on any atom is 0.345 e. The molecule has 3 aromatic heterocycles. The molecule has 1 saturated carbocycles. The zero-order chi connectivity index (χ0) is 51.5. The molecular formula is C54H58Cl2F2N6O9S. The monoisotopic (exact) mass is 1070 g/mol. The Kier molecular flexibility index (Phi) is 16.1. The Morgan fingerprint density at radius 1 is 0.932 bits per heavy atom. The van der Waals surface area contributed by atoms with Crippen molar-refractivity contribution < 1.29 is 51.8 Å². The number of thiophene rings is 1. The van der Waals surface area contributed by atoms with Gasteiger partial charge in [-0.2, -0.15) is 0 Å². The summed E-state index contributed by atoms with van der Waals surface area (Å²) in [6.45, 7) is 9.57. The number of benzene rings is 3. The van der Waals surface area contributed by atoms with Crippen molar-refractivity contribution in [3.63, 3.8) is 0 Å². The molecule has 3 atom stereocenters. The summed E-state index contributed by atoms with van der Waals surface area (Å²) in [5, 5.41) is 11.9. The molecule has 3 aromatic carbocycles. The molecule has 0 spiro atoms. The molecular weight excluding hydrogens is 1020 g/mol. The summed E-state index contributed by atoms with van der Waals surface area (Å²) < 4.78 is 73.5. The number of carboxylic acids is 1. The van der Waals surface area contributed by atoms with Crippen LogP contribution in [0.25, 0.3) is 31.8 Å². The summed E-state index contributed by atoms with van der Waals surface area (Å²) in [5.41, 5.74) is 2.84. The van der Waals surface area contributed by atoms with E-state index in [1.807, 2.05) is 13.8 Å². The van der Waals surface area contributed by atoms with Crippen molar-refractivity contribution in [3.8, 4) is 44.7 Å². The molecule has 1 N–H and O–H groups in total. The highest BCUT2D eigenvalue weighted by molar-refractivity contribution is 7.22. The van der Waals surface area contributed by atoms with Crippen LogP contribution in [0.5, 0.6) is 23.1 Å². The predicted octanol–water partition coefficient (Wildman–Crippen LogP) is 9.72. The summed E-state index contributed by atoms with van der Waals surface area (Å²) in [6, 6.07) is 13.1. The summed E-state index contributed by atoms with van der Waals surface area (Å²) in [4.78, 5) is 37.8. The highest BCUT2D eigenvalue weighted by Crippen LogP contribution is 2.53. The number of piperazine rings is 1. The topological polar surface area (TPSA) is 160 Å². The molecule has 4 bridgehead atoms. The summed E-state index contributed by atoms with van der Waals surface area (Å²) in [5.74, 6) is 0.0324. The SMILES string of the molecule is Cc1c(Cl)c2c(Cl)c(C)c1-c1c(-c3ccc(F)cc3)sc3ncnc(c13)O[C@@H](C(=O)O)Cc1cc(ccc1OCc1ccnc([C@H]3CC[C@](F)(COC[C@H]4COCCO4)CC3)n1)OC[C@@H](CN1CCN(C)CC1)O2. The molecule has 392 valence electrons. The lowest BCUT2D eigenvalue weighted by atomic mass is 9.80. The number of rotatable bonds is 12. The van der Waals surface area contributed by atoms with Crippen LogP contribution in [0.1, 0.15) is 59.8 Å². The standard InChI is InChI=1S/C54H58Cl2F2N6O9S/c1-31-43-32(2)47(56)48(46(31)55)72-39(24-64-18-16-63(3)17-19-64)28-70-38-8-9-41(71-25-37-12-15-59-50(62-37)34-10-13-54(58,14-11-34)29-68-27-40-26-67-20-21-69-40)35(22-38)23-42(53(65)66)73-51-45-44(43)49(74-52(45)61-30-60-51)33-4-6-36(57)7-5-33/h4-9,12,15,22,30,34,39-40,42H,10-11,13-14,16-21,23-29H2,1-3H3,(H,65,66)/t34-,39-,40-,42-,54+/m1/s1. The van der Waals surface area contributed by atoms with E-state index < -0.39 is 29.7 Å². The van der Waals surface area contributed by atoms with Gasteiger partial charge in [0.1, 0.15) is 65.4 Å². The van der Waals surface area contributed by atoms with Crippen LogP contribution in [0.3, 0.4) is 0 Å². The number of hydrogen-bond donors (Lipinski definition) is 1. The minimum absolute atomic E-state index is 0.00668. The van der Waals surface area contributed by atoms with E-state index >= 15 is 4.39 Å². The van der Waals surface area contributed by atoms with Gasteiger partial charge in [0.05, 0.1) is 54.2 Å². The second-order valence-corrected chi connectivity index (χ2v) is 21.3. The van der Waals surface area contributed by atoms with Crippen LogP contribution in [-0.4, -0.2) is 144 Å². The highest BCUT2D eigenvalue weighted by atomic mass is 35.5. The van der Waals surface area contributed by atoms with E-state index in [4.69, 9.17) is 61.3 Å². The number of halogens is 4. The largest absolute Gasteiger partial charge is 0.490 e. The van der Waals surface area contributed by atoms with Gasteiger partial charge in [0, 0.05) is 67.3 Å². The molecule has 1 aliphatic carbocycles. The van der Waals surface area contributed by atoms with Crippen molar-refractivity contribution in [1.29, 1.82) is 0 Å². The Bertz CT molecular complexity index is 2940. The van der Waals surface area contributed by atoms with Gasteiger partial charge in [0.25, 0.3) is 0 Å². The number of nitrogens with zero attached hydrogens (tertiary/aromatic N) is 6. The second-order valence-electron chi connectivity index (χ2n) is 19.5. The fraction of sp³-hybridized carbons (Fsp3) is 0.463. The normalized spacial score (nSPS) is 22.9. The molecule has 2 saturated heterocycles. The summed E-state index contributed by atoms with van der Waals surface area (Å²) in [7, 11) is 2.10. The van der Waals surface area contributed by atoms with E-state index in [0.717, 1.165) is 26.2 Å². The molecule has 11 rings (SSSR count). The van der Waals surface area contributed by atoms with Gasteiger partial charge >= 0.3 is 5.97 Å². The van der Waals surface area contributed by atoms with Crippen molar-refractivity contribution in [1.82, 2.24) is 29.7 Å². The molecule has 6 aromatic rings. The number of aromatic nitrogens is 4. The number of alkyl halides is 1. The number of ether oxygens (including phenoxy) is 7. The van der Waals surface area contributed by atoms with Gasteiger partial charge in [-0.15, -0.1) is 11.3 Å². The third-order valence-corrected chi connectivity index (χ3v) is 16.3. The first-order valence-corrected chi connectivity index (χ1v) is 26.5. The average Bonchev–Trinajstić information content (AvgIpc) is 3.79. The third kappa shape index (κ3) is 11.7. The van der Waals surface area contributed by atoms with E-state index in [-0.39, 0.29) is 60.8 Å². The molecule has 15 nitrogen and oxygen atoms in total. The van der Waals surface area contributed by atoms with Crippen LogP contribution in [-0.2, 0) is 32.0 Å². The zero-order valence-electron chi connectivity index (χ0n) is 41.4. The van der Waals surface area contributed by atoms with Crippen LogP contribution in [0.2, 0.25) is 10.0 Å². The Balaban J connectivity index is 0.969. The number of aliphatic carboxylic acids is 1. The Morgan fingerprint density at radius 3 is 2.43 bits per heavy atom.